The summed E-state index contributed by atoms with van der Waals surface area (Å²) >= 11 is 0. The maximum absolute atomic E-state index is 14.6. The molecule has 2 N–H and O–H groups in total. The van der Waals surface area contributed by atoms with Crippen molar-refractivity contribution in [3.63, 3.8) is 0 Å². The zero-order valence-corrected chi connectivity index (χ0v) is 16.5. The minimum Gasteiger partial charge on any atom is -0.396 e. The number of hydrogen-bond donors (Lipinski definition) is 2. The SMILES string of the molecule is CC(C)(C)S(=O)NC(CCO)(c1ccc(C(F)(F)F)cc1)c1ncccc1F. The van der Waals surface area contributed by atoms with Gasteiger partial charge in [0.05, 0.1) is 21.3 Å². The molecular weight excluding hydrogens is 396 g/mol. The number of aliphatic hydroxyl groups excluding tert-OH is 1. The van der Waals surface area contributed by atoms with E-state index in [9.17, 15) is 26.9 Å². The summed E-state index contributed by atoms with van der Waals surface area (Å²) in [5, 5.41) is 9.65. The molecular formula is C19H22F4N2O2S. The largest absolute Gasteiger partial charge is 0.416 e. The van der Waals surface area contributed by atoms with Gasteiger partial charge in [-0.3, -0.25) is 4.98 Å². The van der Waals surface area contributed by atoms with Gasteiger partial charge in [0.15, 0.2) is 0 Å². The molecule has 1 heterocycles. The maximum Gasteiger partial charge on any atom is 0.416 e. The van der Waals surface area contributed by atoms with Gasteiger partial charge in [0, 0.05) is 12.8 Å². The fourth-order valence-corrected chi connectivity index (χ4v) is 3.62. The molecule has 0 amide bonds. The number of nitrogens with zero attached hydrogens (tertiary/aromatic N) is 1. The number of aliphatic hydroxyl groups is 1. The van der Waals surface area contributed by atoms with Gasteiger partial charge in [0.2, 0.25) is 0 Å². The molecule has 2 aromatic rings. The standard InChI is InChI=1S/C19H22F4N2O2S/c1-17(2,3)28(27)25-18(10-12-26,16-15(20)5-4-11-24-16)13-6-8-14(9-7-13)19(21,22)23/h4-9,11,25-26H,10,12H2,1-3H3. The zero-order chi connectivity index (χ0) is 21.2. The van der Waals surface area contributed by atoms with Gasteiger partial charge in [-0.25, -0.2) is 13.3 Å². The molecule has 9 heteroatoms. The lowest BCUT2D eigenvalue weighted by atomic mass is 9.83. The Bertz CT molecular complexity index is 835. The van der Waals surface area contributed by atoms with Crippen molar-refractivity contribution in [1.82, 2.24) is 9.71 Å². The molecule has 1 aromatic carbocycles. The summed E-state index contributed by atoms with van der Waals surface area (Å²) in [6.07, 6.45) is -3.35. The van der Waals surface area contributed by atoms with E-state index >= 15 is 0 Å². The second-order valence-electron chi connectivity index (χ2n) is 7.27. The highest BCUT2D eigenvalue weighted by atomic mass is 32.2. The first-order valence-corrected chi connectivity index (χ1v) is 9.66. The summed E-state index contributed by atoms with van der Waals surface area (Å²) < 4.78 is 68.4. The Morgan fingerprint density at radius 3 is 2.11 bits per heavy atom. The topological polar surface area (TPSA) is 62.2 Å². The van der Waals surface area contributed by atoms with Gasteiger partial charge in [-0.15, -0.1) is 0 Å². The number of hydrogen-bond acceptors (Lipinski definition) is 3. The normalized spacial score (nSPS) is 15.9. The van der Waals surface area contributed by atoms with Crippen LogP contribution in [0, 0.1) is 5.82 Å². The van der Waals surface area contributed by atoms with Crippen molar-refractivity contribution >= 4 is 11.0 Å². The van der Waals surface area contributed by atoms with Crippen molar-refractivity contribution in [2.24, 2.45) is 0 Å². The van der Waals surface area contributed by atoms with Crippen molar-refractivity contribution < 1.29 is 26.9 Å². The van der Waals surface area contributed by atoms with E-state index in [1.54, 1.807) is 20.8 Å². The van der Waals surface area contributed by atoms with Gasteiger partial charge >= 0.3 is 6.18 Å². The first kappa shape index (κ1) is 22.4. The smallest absolute Gasteiger partial charge is 0.396 e. The monoisotopic (exact) mass is 418 g/mol. The molecule has 1 aromatic heterocycles. The van der Waals surface area contributed by atoms with Crippen LogP contribution in [0.2, 0.25) is 0 Å². The Hall–Kier alpha value is -1.84. The average Bonchev–Trinajstić information content (AvgIpc) is 2.60. The van der Waals surface area contributed by atoms with Crippen molar-refractivity contribution in [2.75, 3.05) is 6.61 Å². The molecule has 0 fully saturated rings. The molecule has 154 valence electrons. The van der Waals surface area contributed by atoms with E-state index in [-0.39, 0.29) is 17.7 Å². The molecule has 0 bridgehead atoms. The maximum atomic E-state index is 14.6. The molecule has 4 nitrogen and oxygen atoms in total. The predicted octanol–water partition coefficient (Wildman–Crippen LogP) is 3.92. The van der Waals surface area contributed by atoms with Crippen LogP contribution in [-0.4, -0.2) is 25.7 Å². The van der Waals surface area contributed by atoms with E-state index in [1.807, 2.05) is 0 Å². The van der Waals surface area contributed by atoms with E-state index in [4.69, 9.17) is 0 Å². The van der Waals surface area contributed by atoms with Crippen LogP contribution in [0.25, 0.3) is 0 Å². The molecule has 0 saturated carbocycles. The second kappa shape index (κ2) is 8.26. The zero-order valence-electron chi connectivity index (χ0n) is 15.7. The Morgan fingerprint density at radius 1 is 1.07 bits per heavy atom. The lowest BCUT2D eigenvalue weighted by molar-refractivity contribution is -0.137. The number of alkyl halides is 3. The number of aromatic nitrogens is 1. The number of pyridine rings is 1. The third-order valence-corrected chi connectivity index (χ3v) is 5.82. The van der Waals surface area contributed by atoms with E-state index in [1.165, 1.54) is 24.4 Å². The molecule has 2 unspecified atom stereocenters. The van der Waals surface area contributed by atoms with E-state index < -0.39 is 45.4 Å². The number of rotatable bonds is 6. The minimum atomic E-state index is -4.53. The van der Waals surface area contributed by atoms with Crippen LogP contribution in [0.4, 0.5) is 17.6 Å². The summed E-state index contributed by atoms with van der Waals surface area (Å²) in [6, 6.07) is 6.61. The van der Waals surface area contributed by atoms with Gasteiger partial charge in [0.1, 0.15) is 17.1 Å². The van der Waals surface area contributed by atoms with Crippen LogP contribution in [-0.2, 0) is 22.7 Å². The molecule has 0 aliphatic rings. The highest BCUT2D eigenvalue weighted by Crippen LogP contribution is 2.37. The lowest BCUT2D eigenvalue weighted by Gasteiger charge is -2.36. The Kier molecular flexibility index (Phi) is 6.62. The molecule has 2 atom stereocenters. The third kappa shape index (κ3) is 4.76. The first-order valence-electron chi connectivity index (χ1n) is 8.51. The summed E-state index contributed by atoms with van der Waals surface area (Å²) in [5.74, 6) is -0.728. The molecule has 2 rings (SSSR count). The highest BCUT2D eigenvalue weighted by Gasteiger charge is 2.41. The van der Waals surface area contributed by atoms with Crippen molar-refractivity contribution in [2.45, 2.75) is 43.7 Å². The van der Waals surface area contributed by atoms with Crippen LogP contribution >= 0.6 is 0 Å². The molecule has 0 aliphatic carbocycles. The quantitative estimate of drug-likeness (QED) is 0.699. The summed E-state index contributed by atoms with van der Waals surface area (Å²) in [6.45, 7) is 4.65. The Balaban J connectivity index is 2.69. The van der Waals surface area contributed by atoms with Crippen molar-refractivity contribution in [3.8, 4) is 0 Å². The fourth-order valence-electron chi connectivity index (χ4n) is 2.68. The molecule has 0 aliphatic heterocycles. The average molecular weight is 418 g/mol. The van der Waals surface area contributed by atoms with E-state index in [0.717, 1.165) is 18.2 Å². The van der Waals surface area contributed by atoms with Gasteiger partial charge in [-0.1, -0.05) is 12.1 Å². The lowest BCUT2D eigenvalue weighted by Crippen LogP contribution is -2.50. The second-order valence-corrected chi connectivity index (χ2v) is 9.24. The van der Waals surface area contributed by atoms with Gasteiger partial charge < -0.3 is 5.11 Å². The Morgan fingerprint density at radius 2 is 1.64 bits per heavy atom. The van der Waals surface area contributed by atoms with Crippen LogP contribution in [0.15, 0.2) is 42.6 Å². The van der Waals surface area contributed by atoms with Crippen molar-refractivity contribution in [1.29, 1.82) is 0 Å². The summed E-state index contributed by atoms with van der Waals surface area (Å²) in [4.78, 5) is 4.05. The van der Waals surface area contributed by atoms with Crippen LogP contribution in [0.1, 0.15) is 44.0 Å². The van der Waals surface area contributed by atoms with Gasteiger partial charge in [-0.2, -0.15) is 13.2 Å². The van der Waals surface area contributed by atoms with Gasteiger partial charge in [-0.05, 0) is 57.0 Å². The van der Waals surface area contributed by atoms with Crippen LogP contribution in [0.3, 0.4) is 0 Å². The van der Waals surface area contributed by atoms with Gasteiger partial charge in [0.25, 0.3) is 0 Å². The number of halogens is 4. The molecule has 0 saturated heterocycles. The van der Waals surface area contributed by atoms with E-state index in [2.05, 4.69) is 9.71 Å². The van der Waals surface area contributed by atoms with Crippen LogP contribution in [0.5, 0.6) is 0 Å². The fraction of sp³-hybridized carbons (Fsp3) is 0.421. The highest BCUT2D eigenvalue weighted by molar-refractivity contribution is 7.84. The Labute approximate surface area is 163 Å². The van der Waals surface area contributed by atoms with E-state index in [0.29, 0.717) is 0 Å². The first-order chi connectivity index (χ1) is 12.9. The summed E-state index contributed by atoms with van der Waals surface area (Å²) in [7, 11) is -1.73. The minimum absolute atomic E-state index is 0.145. The summed E-state index contributed by atoms with van der Waals surface area (Å²) in [5.41, 5.74) is -2.39. The number of benzene rings is 1. The van der Waals surface area contributed by atoms with Crippen molar-refractivity contribution in [3.05, 3.63) is 65.2 Å². The molecule has 28 heavy (non-hydrogen) atoms. The third-order valence-electron chi connectivity index (χ3n) is 4.18. The number of nitrogens with one attached hydrogen (secondary N) is 1. The predicted molar refractivity (Wildman–Crippen MR) is 99.2 cm³/mol. The van der Waals surface area contributed by atoms with Crippen LogP contribution < -0.4 is 4.72 Å². The molecule has 0 spiro atoms. The molecule has 0 radical (unpaired) electrons.